The van der Waals surface area contributed by atoms with Crippen LogP contribution in [0.2, 0.25) is 0 Å². The lowest BCUT2D eigenvalue weighted by molar-refractivity contribution is -0.195. The van der Waals surface area contributed by atoms with Gasteiger partial charge in [0.25, 0.3) is 0 Å². The SMILES string of the molecule is CCC[C@@H](C)[C@H]1CC[C@H]2[C@@H]3CC[C@@H]4C[C@H](OCCOCCOCCOCCOCCOCCO)CC[C@]4(C)[C@H]3C[C@H](OCCOCCOCCOCCOCCOCCO)[C@]12C. The lowest BCUT2D eigenvalue weighted by atomic mass is 9.43. The first-order valence-electron chi connectivity index (χ1n) is 24.6. The number of hydrogen-bond acceptors (Lipinski definition) is 14. The minimum Gasteiger partial charge on any atom is -0.394 e. The van der Waals surface area contributed by atoms with E-state index in [9.17, 15) is 0 Å². The third kappa shape index (κ3) is 17.9. The zero-order valence-corrected chi connectivity index (χ0v) is 39.5. The molecule has 4 saturated carbocycles. The number of rotatable bonds is 39. The topological polar surface area (TPSA) is 151 Å². The summed E-state index contributed by atoms with van der Waals surface area (Å²) >= 11 is 0. The van der Waals surface area contributed by atoms with Crippen LogP contribution in [0.4, 0.5) is 0 Å². The quantitative estimate of drug-likeness (QED) is 0.0736. The van der Waals surface area contributed by atoms with Gasteiger partial charge in [-0.3, -0.25) is 0 Å². The number of aliphatic hydroxyl groups excluding tert-OH is 2. The number of hydrogen-bond donors (Lipinski definition) is 2. The predicted octanol–water partition coefficient (Wildman–Crippen LogP) is 5.61. The van der Waals surface area contributed by atoms with Crippen molar-refractivity contribution in [2.75, 3.05) is 159 Å². The molecule has 0 spiro atoms. The van der Waals surface area contributed by atoms with Crippen molar-refractivity contribution < 1.29 is 67.1 Å². The standard InChI is InChI=1S/C48H90O14/c1-5-6-39(2)43-9-10-44-42-8-7-40-37-41(61-35-33-59-31-29-57-27-25-55-23-21-53-19-17-51-15-13-49)11-12-47(40,3)45(42)38-46(48(43,44)4)62-36-34-60-32-30-58-28-26-56-24-22-54-20-18-52-16-14-50/h39-46,49-50H,5-38H2,1-4H3/t39-,40-,41-,42+,43-,44+,45+,46+,47+,48-/m1/s1. The third-order valence-electron chi connectivity index (χ3n) is 14.8. The molecule has 2 N–H and O–H groups in total. The molecule has 366 valence electrons. The minimum absolute atomic E-state index is 0.0299. The molecule has 4 rings (SSSR count). The molecule has 0 unspecified atom stereocenters. The molecule has 0 saturated heterocycles. The molecule has 14 heteroatoms. The number of aliphatic hydroxyl groups is 2. The highest BCUT2D eigenvalue weighted by atomic mass is 16.6. The van der Waals surface area contributed by atoms with Crippen LogP contribution in [0, 0.1) is 46.3 Å². The van der Waals surface area contributed by atoms with E-state index in [-0.39, 0.29) is 24.7 Å². The van der Waals surface area contributed by atoms with Crippen LogP contribution in [0.3, 0.4) is 0 Å². The van der Waals surface area contributed by atoms with Crippen LogP contribution in [0.15, 0.2) is 0 Å². The summed E-state index contributed by atoms with van der Waals surface area (Å²) < 4.78 is 69.0. The predicted molar refractivity (Wildman–Crippen MR) is 237 cm³/mol. The van der Waals surface area contributed by atoms with Crippen LogP contribution in [-0.2, 0) is 56.8 Å². The first-order chi connectivity index (χ1) is 30.4. The fraction of sp³-hybridized carbons (Fsp3) is 1.00. The second-order valence-electron chi connectivity index (χ2n) is 18.4. The highest BCUT2D eigenvalue weighted by Gasteiger charge is 2.64. The van der Waals surface area contributed by atoms with E-state index in [0.29, 0.717) is 169 Å². The number of fused-ring (bicyclic) bond motifs is 5. The van der Waals surface area contributed by atoms with Crippen LogP contribution >= 0.6 is 0 Å². The Labute approximate surface area is 375 Å². The van der Waals surface area contributed by atoms with Crippen molar-refractivity contribution in [2.24, 2.45) is 46.3 Å². The van der Waals surface area contributed by atoms with Crippen molar-refractivity contribution in [3.63, 3.8) is 0 Å². The summed E-state index contributed by atoms with van der Waals surface area (Å²) in [5.74, 6) is 4.37. The molecular formula is C48H90O14. The zero-order chi connectivity index (χ0) is 44.1. The Hall–Kier alpha value is -0.560. The molecule has 10 atom stereocenters. The second kappa shape index (κ2) is 32.2. The molecule has 4 aliphatic rings. The van der Waals surface area contributed by atoms with Crippen LogP contribution in [-0.4, -0.2) is 181 Å². The molecule has 0 aliphatic heterocycles. The smallest absolute Gasteiger partial charge is 0.0704 e. The summed E-state index contributed by atoms with van der Waals surface area (Å²) in [4.78, 5) is 0. The summed E-state index contributed by atoms with van der Waals surface area (Å²) in [5, 5.41) is 17.4. The molecule has 62 heavy (non-hydrogen) atoms. The van der Waals surface area contributed by atoms with Gasteiger partial charge in [0, 0.05) is 0 Å². The van der Waals surface area contributed by atoms with Gasteiger partial charge in [-0.15, -0.1) is 0 Å². The Morgan fingerprint density at radius 3 is 1.37 bits per heavy atom. The Balaban J connectivity index is 1.11. The molecule has 0 aromatic heterocycles. The van der Waals surface area contributed by atoms with Gasteiger partial charge >= 0.3 is 0 Å². The maximum atomic E-state index is 8.72. The summed E-state index contributed by atoms with van der Waals surface area (Å²) in [5.41, 5.74) is 0.548. The Kier molecular flexibility index (Phi) is 28.1. The van der Waals surface area contributed by atoms with Crippen LogP contribution in [0.5, 0.6) is 0 Å². The molecule has 4 fully saturated rings. The van der Waals surface area contributed by atoms with Gasteiger partial charge in [-0.05, 0) is 97.7 Å². The van der Waals surface area contributed by atoms with Gasteiger partial charge in [-0.25, -0.2) is 0 Å². The van der Waals surface area contributed by atoms with Crippen molar-refractivity contribution in [1.29, 1.82) is 0 Å². The summed E-state index contributed by atoms with van der Waals surface area (Å²) in [6, 6.07) is 0. The van der Waals surface area contributed by atoms with Crippen molar-refractivity contribution in [1.82, 2.24) is 0 Å². The monoisotopic (exact) mass is 891 g/mol. The maximum Gasteiger partial charge on any atom is 0.0704 e. The highest BCUT2D eigenvalue weighted by molar-refractivity contribution is 5.13. The van der Waals surface area contributed by atoms with E-state index in [0.717, 1.165) is 36.5 Å². The van der Waals surface area contributed by atoms with Gasteiger partial charge < -0.3 is 67.1 Å². The molecule has 0 bridgehead atoms. The Morgan fingerprint density at radius 2 is 0.919 bits per heavy atom. The third-order valence-corrected chi connectivity index (χ3v) is 14.8. The molecule has 0 amide bonds. The molecule has 0 heterocycles. The van der Waals surface area contributed by atoms with E-state index < -0.39 is 0 Å². The molecule has 0 aromatic rings. The van der Waals surface area contributed by atoms with Gasteiger partial charge in [-0.1, -0.05) is 40.5 Å². The van der Waals surface area contributed by atoms with Gasteiger partial charge in [-0.2, -0.15) is 0 Å². The van der Waals surface area contributed by atoms with E-state index in [1.807, 2.05) is 0 Å². The highest BCUT2D eigenvalue weighted by Crippen LogP contribution is 2.69. The molecule has 0 aromatic carbocycles. The Morgan fingerprint density at radius 1 is 0.484 bits per heavy atom. The summed E-state index contributed by atoms with van der Waals surface area (Å²) in [6.45, 7) is 21.6. The molecular weight excluding hydrogens is 801 g/mol. The van der Waals surface area contributed by atoms with E-state index >= 15 is 0 Å². The van der Waals surface area contributed by atoms with E-state index in [2.05, 4.69) is 27.7 Å². The molecule has 14 nitrogen and oxygen atoms in total. The van der Waals surface area contributed by atoms with Crippen molar-refractivity contribution >= 4 is 0 Å². The van der Waals surface area contributed by atoms with Crippen LogP contribution in [0.25, 0.3) is 0 Å². The largest absolute Gasteiger partial charge is 0.394 e. The van der Waals surface area contributed by atoms with E-state index in [4.69, 9.17) is 67.1 Å². The first kappa shape index (κ1) is 54.0. The average molecular weight is 891 g/mol. The van der Waals surface area contributed by atoms with Crippen LogP contribution < -0.4 is 0 Å². The van der Waals surface area contributed by atoms with E-state index in [1.54, 1.807) is 0 Å². The second-order valence-corrected chi connectivity index (χ2v) is 18.4. The maximum absolute atomic E-state index is 8.72. The normalized spacial score (nSPS) is 30.0. The van der Waals surface area contributed by atoms with Gasteiger partial charge in [0.15, 0.2) is 0 Å². The van der Waals surface area contributed by atoms with Crippen molar-refractivity contribution in [3.8, 4) is 0 Å². The summed E-state index contributed by atoms with van der Waals surface area (Å²) in [6.07, 6.45) is 13.2. The van der Waals surface area contributed by atoms with E-state index in [1.165, 1.54) is 51.4 Å². The van der Waals surface area contributed by atoms with Gasteiger partial charge in [0.2, 0.25) is 0 Å². The average Bonchev–Trinajstić information content (AvgIpc) is 3.64. The van der Waals surface area contributed by atoms with Gasteiger partial charge in [0.05, 0.1) is 171 Å². The fourth-order valence-corrected chi connectivity index (χ4v) is 11.8. The van der Waals surface area contributed by atoms with Crippen LogP contribution in [0.1, 0.15) is 91.9 Å². The number of ether oxygens (including phenoxy) is 12. The minimum atomic E-state index is 0.0299. The molecule has 0 radical (unpaired) electrons. The first-order valence-corrected chi connectivity index (χ1v) is 24.6. The lowest BCUT2D eigenvalue weighted by Gasteiger charge is -2.63. The summed E-state index contributed by atoms with van der Waals surface area (Å²) in [7, 11) is 0. The zero-order valence-electron chi connectivity index (χ0n) is 39.5. The van der Waals surface area contributed by atoms with Crippen molar-refractivity contribution in [3.05, 3.63) is 0 Å². The molecule has 4 aliphatic carbocycles. The lowest BCUT2D eigenvalue weighted by Crippen LogP contribution is -2.59. The Bertz CT molecular complexity index is 1090. The van der Waals surface area contributed by atoms with Gasteiger partial charge in [0.1, 0.15) is 0 Å². The fourth-order valence-electron chi connectivity index (χ4n) is 11.8. The van der Waals surface area contributed by atoms with Crippen molar-refractivity contribution in [2.45, 2.75) is 104 Å².